The second-order valence-electron chi connectivity index (χ2n) is 4.98. The SMILES string of the molecule is CN(Cc1ccccc1)C(=O)CN1CC(CO)C1. The van der Waals surface area contributed by atoms with Crippen LogP contribution in [0.25, 0.3) is 0 Å². The number of aliphatic hydroxyl groups is 1. The van der Waals surface area contributed by atoms with Crippen LogP contribution in [0.2, 0.25) is 0 Å². The first-order valence-electron chi connectivity index (χ1n) is 6.30. The van der Waals surface area contributed by atoms with Crippen LogP contribution in [0.15, 0.2) is 30.3 Å². The van der Waals surface area contributed by atoms with E-state index >= 15 is 0 Å². The predicted molar refractivity (Wildman–Crippen MR) is 69.9 cm³/mol. The quantitative estimate of drug-likeness (QED) is 0.828. The third-order valence-electron chi connectivity index (χ3n) is 3.34. The summed E-state index contributed by atoms with van der Waals surface area (Å²) in [5.41, 5.74) is 1.14. The minimum atomic E-state index is 0.134. The Hall–Kier alpha value is -1.39. The molecular weight excluding hydrogens is 228 g/mol. The number of carbonyl (C=O) groups excluding carboxylic acids is 1. The molecule has 4 nitrogen and oxygen atoms in total. The maximum absolute atomic E-state index is 12.0. The summed E-state index contributed by atoms with van der Waals surface area (Å²) in [5.74, 6) is 0.493. The van der Waals surface area contributed by atoms with E-state index in [1.54, 1.807) is 4.90 Å². The zero-order valence-electron chi connectivity index (χ0n) is 10.7. The van der Waals surface area contributed by atoms with Crippen LogP contribution < -0.4 is 0 Å². The first-order chi connectivity index (χ1) is 8.69. The van der Waals surface area contributed by atoms with Gasteiger partial charge in [0.1, 0.15) is 0 Å². The van der Waals surface area contributed by atoms with Gasteiger partial charge in [-0.05, 0) is 5.56 Å². The maximum Gasteiger partial charge on any atom is 0.236 e. The monoisotopic (exact) mass is 248 g/mol. The van der Waals surface area contributed by atoms with Gasteiger partial charge in [-0.3, -0.25) is 9.69 Å². The third kappa shape index (κ3) is 3.31. The van der Waals surface area contributed by atoms with Crippen LogP contribution in [0.5, 0.6) is 0 Å². The molecule has 0 spiro atoms. The molecule has 0 aliphatic carbocycles. The molecule has 1 amide bonds. The number of carbonyl (C=O) groups is 1. The highest BCUT2D eigenvalue weighted by atomic mass is 16.3. The first kappa shape index (κ1) is 13.1. The van der Waals surface area contributed by atoms with E-state index in [0.717, 1.165) is 18.7 Å². The average Bonchev–Trinajstić information content (AvgIpc) is 2.34. The van der Waals surface area contributed by atoms with Crippen molar-refractivity contribution in [2.24, 2.45) is 5.92 Å². The Balaban J connectivity index is 1.76. The molecule has 1 aromatic carbocycles. The summed E-state index contributed by atoms with van der Waals surface area (Å²) in [4.78, 5) is 15.8. The van der Waals surface area contributed by atoms with Gasteiger partial charge in [-0.1, -0.05) is 30.3 Å². The van der Waals surface area contributed by atoms with E-state index in [2.05, 4.69) is 4.90 Å². The number of benzene rings is 1. The van der Waals surface area contributed by atoms with Gasteiger partial charge < -0.3 is 10.0 Å². The third-order valence-corrected chi connectivity index (χ3v) is 3.34. The number of likely N-dealkylation sites (N-methyl/N-ethyl adjacent to an activating group) is 1. The Kier molecular flexibility index (Phi) is 4.33. The topological polar surface area (TPSA) is 43.8 Å². The Morgan fingerprint density at radius 3 is 2.67 bits per heavy atom. The van der Waals surface area contributed by atoms with E-state index in [4.69, 9.17) is 5.11 Å². The lowest BCUT2D eigenvalue weighted by Gasteiger charge is -2.38. The second-order valence-corrected chi connectivity index (χ2v) is 4.98. The normalized spacial score (nSPS) is 16.3. The van der Waals surface area contributed by atoms with Gasteiger partial charge in [0.2, 0.25) is 5.91 Å². The Labute approximate surface area is 108 Å². The van der Waals surface area contributed by atoms with Crippen LogP contribution in [0.3, 0.4) is 0 Å². The van der Waals surface area contributed by atoms with E-state index in [1.165, 1.54) is 0 Å². The van der Waals surface area contributed by atoms with Crippen molar-refractivity contribution in [1.82, 2.24) is 9.80 Å². The zero-order chi connectivity index (χ0) is 13.0. The number of rotatable bonds is 5. The summed E-state index contributed by atoms with van der Waals surface area (Å²) in [7, 11) is 1.83. The van der Waals surface area contributed by atoms with Crippen LogP contribution in [0.4, 0.5) is 0 Å². The molecule has 1 aliphatic heterocycles. The van der Waals surface area contributed by atoms with E-state index in [0.29, 0.717) is 19.0 Å². The molecule has 4 heteroatoms. The number of hydrogen-bond donors (Lipinski definition) is 1. The smallest absolute Gasteiger partial charge is 0.236 e. The molecule has 0 aromatic heterocycles. The molecule has 1 heterocycles. The molecule has 98 valence electrons. The average molecular weight is 248 g/mol. The molecule has 0 unspecified atom stereocenters. The highest BCUT2D eigenvalue weighted by Crippen LogP contribution is 2.14. The number of amides is 1. The molecule has 0 radical (unpaired) electrons. The van der Waals surface area contributed by atoms with E-state index in [9.17, 15) is 4.79 Å². The summed E-state index contributed by atoms with van der Waals surface area (Å²) in [6.07, 6.45) is 0. The Bertz CT molecular complexity index is 388. The molecule has 1 saturated heterocycles. The highest BCUT2D eigenvalue weighted by Gasteiger charge is 2.28. The molecule has 1 aliphatic rings. The molecule has 0 saturated carbocycles. The van der Waals surface area contributed by atoms with Crippen molar-refractivity contribution in [2.75, 3.05) is 33.3 Å². The lowest BCUT2D eigenvalue weighted by molar-refractivity contribution is -0.133. The standard InChI is InChI=1S/C14H20N2O2/c1-15(7-12-5-3-2-4-6-12)14(18)10-16-8-13(9-16)11-17/h2-6,13,17H,7-11H2,1H3. The van der Waals surface area contributed by atoms with Gasteiger partial charge in [-0.25, -0.2) is 0 Å². The van der Waals surface area contributed by atoms with E-state index in [1.807, 2.05) is 37.4 Å². The van der Waals surface area contributed by atoms with Crippen molar-refractivity contribution in [2.45, 2.75) is 6.54 Å². The predicted octanol–water partition coefficient (Wildman–Crippen LogP) is 0.569. The number of nitrogens with zero attached hydrogens (tertiary/aromatic N) is 2. The lowest BCUT2D eigenvalue weighted by Crippen LogP contribution is -2.52. The molecular formula is C14H20N2O2. The zero-order valence-corrected chi connectivity index (χ0v) is 10.7. The van der Waals surface area contributed by atoms with Gasteiger partial charge in [0.05, 0.1) is 6.54 Å². The fourth-order valence-electron chi connectivity index (χ4n) is 2.18. The molecule has 2 rings (SSSR count). The number of hydrogen-bond acceptors (Lipinski definition) is 3. The molecule has 18 heavy (non-hydrogen) atoms. The first-order valence-corrected chi connectivity index (χ1v) is 6.30. The van der Waals surface area contributed by atoms with Gasteiger partial charge in [0, 0.05) is 39.2 Å². The number of likely N-dealkylation sites (tertiary alicyclic amines) is 1. The number of aliphatic hydroxyl groups excluding tert-OH is 1. The summed E-state index contributed by atoms with van der Waals surface area (Å²) >= 11 is 0. The molecule has 0 bridgehead atoms. The van der Waals surface area contributed by atoms with Crippen molar-refractivity contribution in [1.29, 1.82) is 0 Å². The van der Waals surface area contributed by atoms with E-state index in [-0.39, 0.29) is 12.5 Å². The lowest BCUT2D eigenvalue weighted by atomic mass is 10.0. The highest BCUT2D eigenvalue weighted by molar-refractivity contribution is 5.78. The van der Waals surface area contributed by atoms with Crippen LogP contribution in [0.1, 0.15) is 5.56 Å². The van der Waals surface area contributed by atoms with Crippen molar-refractivity contribution in [3.8, 4) is 0 Å². The summed E-state index contributed by atoms with van der Waals surface area (Å²) < 4.78 is 0. The van der Waals surface area contributed by atoms with Gasteiger partial charge in [-0.15, -0.1) is 0 Å². The Morgan fingerprint density at radius 1 is 1.39 bits per heavy atom. The summed E-state index contributed by atoms with van der Waals surface area (Å²) in [6, 6.07) is 9.98. The molecule has 1 fully saturated rings. The van der Waals surface area contributed by atoms with Crippen LogP contribution in [-0.4, -0.2) is 54.1 Å². The Morgan fingerprint density at radius 2 is 2.06 bits per heavy atom. The minimum Gasteiger partial charge on any atom is -0.396 e. The molecule has 0 atom stereocenters. The summed E-state index contributed by atoms with van der Waals surface area (Å²) in [6.45, 7) is 3.00. The van der Waals surface area contributed by atoms with Gasteiger partial charge >= 0.3 is 0 Å². The molecule has 1 aromatic rings. The fourth-order valence-corrected chi connectivity index (χ4v) is 2.18. The van der Waals surface area contributed by atoms with Crippen molar-refractivity contribution in [3.63, 3.8) is 0 Å². The van der Waals surface area contributed by atoms with Gasteiger partial charge in [0.15, 0.2) is 0 Å². The van der Waals surface area contributed by atoms with Crippen molar-refractivity contribution >= 4 is 5.91 Å². The van der Waals surface area contributed by atoms with Crippen LogP contribution >= 0.6 is 0 Å². The van der Waals surface area contributed by atoms with Gasteiger partial charge in [0.25, 0.3) is 0 Å². The summed E-state index contributed by atoms with van der Waals surface area (Å²) in [5, 5.41) is 8.92. The van der Waals surface area contributed by atoms with Gasteiger partial charge in [-0.2, -0.15) is 0 Å². The van der Waals surface area contributed by atoms with Crippen molar-refractivity contribution < 1.29 is 9.90 Å². The van der Waals surface area contributed by atoms with E-state index < -0.39 is 0 Å². The second kappa shape index (κ2) is 5.98. The van der Waals surface area contributed by atoms with Crippen molar-refractivity contribution in [3.05, 3.63) is 35.9 Å². The van der Waals surface area contributed by atoms with Crippen LogP contribution in [-0.2, 0) is 11.3 Å². The minimum absolute atomic E-state index is 0.134. The maximum atomic E-state index is 12.0. The van der Waals surface area contributed by atoms with Crippen LogP contribution in [0, 0.1) is 5.92 Å². The fraction of sp³-hybridized carbons (Fsp3) is 0.500. The molecule has 1 N–H and O–H groups in total. The largest absolute Gasteiger partial charge is 0.396 e.